The number of hydrogen-bond acceptors (Lipinski definition) is 8. The number of thiophene rings is 1. The predicted molar refractivity (Wildman–Crippen MR) is 105 cm³/mol. The van der Waals surface area contributed by atoms with E-state index in [1.165, 1.54) is 18.6 Å². The predicted octanol–water partition coefficient (Wildman–Crippen LogP) is 3.19. The first kappa shape index (κ1) is 21.7. The van der Waals surface area contributed by atoms with Gasteiger partial charge in [0.15, 0.2) is 6.10 Å². The Balaban J connectivity index is 1.96. The molecule has 0 aliphatic rings. The summed E-state index contributed by atoms with van der Waals surface area (Å²) in [6.07, 6.45) is -4.00. The summed E-state index contributed by atoms with van der Waals surface area (Å²) >= 11 is 1.14. The molecule has 1 amide bonds. The zero-order valence-corrected chi connectivity index (χ0v) is 16.8. The molecule has 0 bridgehead atoms. The number of amides is 1. The smallest absolute Gasteiger partial charge is 0.425 e. The first-order valence-electron chi connectivity index (χ1n) is 8.81. The lowest BCUT2D eigenvalue weighted by Crippen LogP contribution is -2.31. The number of nitrogens with one attached hydrogen (secondary N) is 2. The molecular formula is C18H18F3N5O3S. The molecule has 3 rings (SSSR count). The number of nitrogens with zero attached hydrogens (tertiary/aromatic N) is 3. The van der Waals surface area contributed by atoms with Crippen LogP contribution in [0.3, 0.4) is 0 Å². The number of aliphatic hydroxyl groups is 1. The normalized spacial score (nSPS) is 12.6. The highest BCUT2D eigenvalue weighted by atomic mass is 32.1. The first-order valence-corrected chi connectivity index (χ1v) is 9.62. The number of aryl methyl sites for hydroxylation is 1. The molecule has 0 fully saturated rings. The van der Waals surface area contributed by atoms with Gasteiger partial charge >= 0.3 is 6.18 Å². The Morgan fingerprint density at radius 2 is 2.10 bits per heavy atom. The van der Waals surface area contributed by atoms with Crippen molar-refractivity contribution in [1.82, 2.24) is 20.3 Å². The van der Waals surface area contributed by atoms with Gasteiger partial charge in [-0.2, -0.15) is 13.2 Å². The lowest BCUT2D eigenvalue weighted by atomic mass is 10.2. The fraction of sp³-hybridized carbons (Fsp3) is 0.333. The lowest BCUT2D eigenvalue weighted by molar-refractivity contribution is -0.189. The number of carbonyl (C=O) groups excluding carboxylic acids is 1. The van der Waals surface area contributed by atoms with Crippen molar-refractivity contribution in [3.05, 3.63) is 35.1 Å². The fourth-order valence-electron chi connectivity index (χ4n) is 2.57. The van der Waals surface area contributed by atoms with E-state index in [2.05, 4.69) is 25.6 Å². The second-order valence-electron chi connectivity index (χ2n) is 6.22. The topological polar surface area (TPSA) is 109 Å². The molecule has 0 radical (unpaired) electrons. The monoisotopic (exact) mass is 441 g/mol. The van der Waals surface area contributed by atoms with Crippen LogP contribution in [0, 0.1) is 6.92 Å². The van der Waals surface area contributed by atoms with E-state index in [9.17, 15) is 18.0 Å². The number of aliphatic hydroxyl groups excluding tert-OH is 1. The lowest BCUT2D eigenvalue weighted by Gasteiger charge is -2.19. The van der Waals surface area contributed by atoms with Gasteiger partial charge in [0.1, 0.15) is 22.7 Å². The summed E-state index contributed by atoms with van der Waals surface area (Å²) in [6, 6.07) is 3.05. The molecule has 30 heavy (non-hydrogen) atoms. The van der Waals surface area contributed by atoms with Gasteiger partial charge in [-0.1, -0.05) is 0 Å². The van der Waals surface area contributed by atoms with Crippen LogP contribution in [0.2, 0.25) is 0 Å². The average molecular weight is 441 g/mol. The van der Waals surface area contributed by atoms with Crippen molar-refractivity contribution >= 4 is 39.0 Å². The van der Waals surface area contributed by atoms with E-state index in [0.717, 1.165) is 18.3 Å². The number of rotatable bonds is 7. The Morgan fingerprint density at radius 3 is 2.80 bits per heavy atom. The van der Waals surface area contributed by atoms with Gasteiger partial charge in [0.25, 0.3) is 5.91 Å². The van der Waals surface area contributed by atoms with E-state index >= 15 is 0 Å². The average Bonchev–Trinajstić information content (AvgIpc) is 3.04. The highest BCUT2D eigenvalue weighted by molar-refractivity contribution is 7.20. The van der Waals surface area contributed by atoms with Gasteiger partial charge in [0, 0.05) is 12.7 Å². The van der Waals surface area contributed by atoms with E-state index in [4.69, 9.17) is 9.84 Å². The minimum atomic E-state index is -4.54. The van der Waals surface area contributed by atoms with Crippen molar-refractivity contribution in [2.45, 2.75) is 26.1 Å². The van der Waals surface area contributed by atoms with Crippen LogP contribution < -0.4 is 15.4 Å². The second kappa shape index (κ2) is 8.79. The number of fused-ring (bicyclic) bond motifs is 1. The summed E-state index contributed by atoms with van der Waals surface area (Å²) in [6.45, 7) is 2.52. The molecule has 0 saturated heterocycles. The van der Waals surface area contributed by atoms with Crippen molar-refractivity contribution in [2.75, 3.05) is 18.5 Å². The van der Waals surface area contributed by atoms with Crippen molar-refractivity contribution in [3.8, 4) is 5.88 Å². The van der Waals surface area contributed by atoms with Crippen molar-refractivity contribution in [3.63, 3.8) is 0 Å². The molecule has 0 spiro atoms. The van der Waals surface area contributed by atoms with Crippen molar-refractivity contribution < 1.29 is 27.8 Å². The third-order valence-electron chi connectivity index (χ3n) is 4.10. The molecule has 0 aromatic carbocycles. The largest absolute Gasteiger partial charge is 0.464 e. The van der Waals surface area contributed by atoms with Gasteiger partial charge in [0.05, 0.1) is 16.9 Å². The summed E-state index contributed by atoms with van der Waals surface area (Å²) < 4.78 is 43.6. The molecule has 0 aliphatic carbocycles. The Labute approximate surface area is 173 Å². The highest BCUT2D eigenvalue weighted by Crippen LogP contribution is 2.36. The quantitative estimate of drug-likeness (QED) is 0.517. The van der Waals surface area contributed by atoms with Crippen LogP contribution in [0.15, 0.2) is 24.7 Å². The molecule has 1 atom stereocenters. The highest BCUT2D eigenvalue weighted by Gasteiger charge is 2.38. The molecule has 3 aromatic heterocycles. The number of anilines is 2. The fourth-order valence-corrected chi connectivity index (χ4v) is 3.64. The maximum absolute atomic E-state index is 12.9. The van der Waals surface area contributed by atoms with E-state index in [-0.39, 0.29) is 30.6 Å². The third-order valence-corrected chi connectivity index (χ3v) is 5.30. The first-order chi connectivity index (χ1) is 14.2. The summed E-state index contributed by atoms with van der Waals surface area (Å²) in [5.41, 5.74) is 0.786. The van der Waals surface area contributed by atoms with Crippen LogP contribution in [-0.2, 0) is 0 Å². The van der Waals surface area contributed by atoms with Gasteiger partial charge in [-0.05, 0) is 31.5 Å². The minimum absolute atomic E-state index is 0.108. The van der Waals surface area contributed by atoms with Crippen LogP contribution in [0.5, 0.6) is 5.88 Å². The number of ether oxygens (including phenoxy) is 1. The van der Waals surface area contributed by atoms with Crippen LogP contribution in [0.1, 0.15) is 22.2 Å². The van der Waals surface area contributed by atoms with E-state index in [1.54, 1.807) is 13.0 Å². The molecule has 12 heteroatoms. The SMILES string of the molecule is Cc1c(C(=O)NCCO)sc2ncnc(Nc3cccnc3OC(C)C(F)(F)F)c12. The molecule has 160 valence electrons. The molecular weight excluding hydrogens is 423 g/mol. The zero-order valence-electron chi connectivity index (χ0n) is 15.9. The van der Waals surface area contributed by atoms with Gasteiger partial charge in [-0.25, -0.2) is 15.0 Å². The molecule has 1 unspecified atom stereocenters. The standard InChI is InChI=1S/C18H18F3N5O3S/c1-9-12-14(24-8-25-17(12)30-13(9)15(28)22-6-7-27)26-11-4-3-5-23-16(11)29-10(2)18(19,20)21/h3-5,8,10,27H,6-7H2,1-2H3,(H,22,28)(H,24,25,26). The van der Waals surface area contributed by atoms with E-state index < -0.39 is 12.3 Å². The Kier molecular flexibility index (Phi) is 6.37. The summed E-state index contributed by atoms with van der Waals surface area (Å²) in [5, 5.41) is 15.0. The van der Waals surface area contributed by atoms with Gasteiger partial charge in [0.2, 0.25) is 5.88 Å². The maximum Gasteiger partial charge on any atom is 0.425 e. The van der Waals surface area contributed by atoms with Crippen molar-refractivity contribution in [2.24, 2.45) is 0 Å². The van der Waals surface area contributed by atoms with Crippen LogP contribution in [0.4, 0.5) is 24.7 Å². The molecule has 3 aromatic rings. The molecule has 0 aliphatic heterocycles. The molecule has 8 nitrogen and oxygen atoms in total. The summed E-state index contributed by atoms with van der Waals surface area (Å²) in [4.78, 5) is 25.5. The zero-order chi connectivity index (χ0) is 21.9. The number of pyridine rings is 1. The maximum atomic E-state index is 12.9. The van der Waals surface area contributed by atoms with E-state index in [0.29, 0.717) is 26.5 Å². The van der Waals surface area contributed by atoms with E-state index in [1.807, 2.05) is 0 Å². The van der Waals surface area contributed by atoms with Gasteiger partial charge in [-0.3, -0.25) is 4.79 Å². The van der Waals surface area contributed by atoms with Gasteiger partial charge in [-0.15, -0.1) is 11.3 Å². The Morgan fingerprint density at radius 1 is 1.33 bits per heavy atom. The third kappa shape index (κ3) is 4.60. The second-order valence-corrected chi connectivity index (χ2v) is 7.22. The van der Waals surface area contributed by atoms with Crippen LogP contribution in [-0.4, -0.2) is 51.4 Å². The number of aromatic nitrogens is 3. The summed E-state index contributed by atoms with van der Waals surface area (Å²) in [7, 11) is 0. The molecule has 0 saturated carbocycles. The number of carbonyl (C=O) groups is 1. The number of hydrogen-bond donors (Lipinski definition) is 3. The molecule has 3 N–H and O–H groups in total. The summed E-state index contributed by atoms with van der Waals surface area (Å²) in [5.74, 6) is -0.296. The van der Waals surface area contributed by atoms with Crippen LogP contribution in [0.25, 0.3) is 10.2 Å². The molecule has 3 heterocycles. The van der Waals surface area contributed by atoms with Crippen molar-refractivity contribution in [1.29, 1.82) is 0 Å². The number of alkyl halides is 3. The minimum Gasteiger partial charge on any atom is -0.464 e. The number of halogens is 3. The Hall–Kier alpha value is -2.99. The van der Waals surface area contributed by atoms with Gasteiger partial charge < -0.3 is 20.5 Å². The Bertz CT molecular complexity index is 1060. The van der Waals surface area contributed by atoms with Crippen LogP contribution >= 0.6 is 11.3 Å².